The molecule has 0 spiro atoms. The van der Waals surface area contributed by atoms with Crippen molar-refractivity contribution < 1.29 is 0 Å². The Morgan fingerprint density at radius 2 is 1.90 bits per heavy atom. The third kappa shape index (κ3) is 3.69. The number of rotatable bonds is 7. The molecule has 0 saturated carbocycles. The number of nitrogens with one attached hydrogen (secondary N) is 2. The fourth-order valence-corrected chi connectivity index (χ4v) is 1.98. The van der Waals surface area contributed by atoms with Crippen molar-refractivity contribution >= 4 is 11.6 Å². The predicted molar refractivity (Wildman–Crippen MR) is 81.0 cm³/mol. The molecule has 0 fully saturated rings. The molecule has 2 heterocycles. The average Bonchev–Trinajstić information content (AvgIpc) is 2.84. The second kappa shape index (κ2) is 6.88. The van der Waals surface area contributed by atoms with E-state index in [0.29, 0.717) is 0 Å². The number of aryl methyl sites for hydroxylation is 2. The van der Waals surface area contributed by atoms with Crippen molar-refractivity contribution in [3.05, 3.63) is 29.8 Å². The van der Waals surface area contributed by atoms with Gasteiger partial charge in [-0.2, -0.15) is 5.10 Å². The lowest BCUT2D eigenvalue weighted by atomic mass is 10.3. The van der Waals surface area contributed by atoms with E-state index in [0.717, 1.165) is 43.4 Å². The summed E-state index contributed by atoms with van der Waals surface area (Å²) in [5, 5.41) is 10.7. The smallest absolute Gasteiger partial charge is 0.132 e. The molecule has 2 aromatic rings. The normalized spacial score (nSPS) is 10.6. The van der Waals surface area contributed by atoms with Crippen LogP contribution in [0.5, 0.6) is 0 Å². The quantitative estimate of drug-likeness (QED) is 0.806. The number of anilines is 2. The van der Waals surface area contributed by atoms with Gasteiger partial charge in [0.2, 0.25) is 0 Å². The van der Waals surface area contributed by atoms with Crippen LogP contribution in [0.3, 0.4) is 0 Å². The average molecular weight is 274 g/mol. The van der Waals surface area contributed by atoms with Gasteiger partial charge in [-0.25, -0.2) is 9.97 Å². The molecule has 20 heavy (non-hydrogen) atoms. The monoisotopic (exact) mass is 274 g/mol. The molecule has 6 heteroatoms. The lowest BCUT2D eigenvalue weighted by Crippen LogP contribution is -2.11. The highest BCUT2D eigenvalue weighted by Crippen LogP contribution is 2.12. The summed E-state index contributed by atoms with van der Waals surface area (Å²) in [6, 6.07) is 3.98. The van der Waals surface area contributed by atoms with Gasteiger partial charge in [0.1, 0.15) is 17.5 Å². The molecule has 0 amide bonds. The number of nitrogens with zero attached hydrogens (tertiary/aromatic N) is 4. The van der Waals surface area contributed by atoms with E-state index in [1.807, 2.05) is 30.1 Å². The van der Waals surface area contributed by atoms with Crippen LogP contribution in [0.2, 0.25) is 0 Å². The van der Waals surface area contributed by atoms with Crippen molar-refractivity contribution in [2.24, 2.45) is 7.05 Å². The third-order valence-corrected chi connectivity index (χ3v) is 3.06. The van der Waals surface area contributed by atoms with E-state index in [1.165, 1.54) is 5.69 Å². The van der Waals surface area contributed by atoms with E-state index in [9.17, 15) is 0 Å². The van der Waals surface area contributed by atoms with E-state index < -0.39 is 0 Å². The van der Waals surface area contributed by atoms with Crippen LogP contribution in [0.25, 0.3) is 0 Å². The van der Waals surface area contributed by atoms with Crippen molar-refractivity contribution in [1.82, 2.24) is 19.7 Å². The summed E-state index contributed by atoms with van der Waals surface area (Å²) in [4.78, 5) is 8.93. The van der Waals surface area contributed by atoms with E-state index in [-0.39, 0.29) is 0 Å². The summed E-state index contributed by atoms with van der Waals surface area (Å²) in [7, 11) is 1.96. The molecule has 0 aliphatic rings. The molecule has 0 unspecified atom stereocenters. The molecule has 2 rings (SSSR count). The van der Waals surface area contributed by atoms with Gasteiger partial charge in [-0.15, -0.1) is 0 Å². The Kier molecular flexibility index (Phi) is 4.92. The SMILES string of the molecule is CCNc1cc(NCCc2ccnn2C)nc(CC)n1. The summed E-state index contributed by atoms with van der Waals surface area (Å²) < 4.78 is 1.89. The molecule has 6 nitrogen and oxygen atoms in total. The zero-order valence-corrected chi connectivity index (χ0v) is 12.3. The number of aromatic nitrogens is 4. The Morgan fingerprint density at radius 1 is 1.15 bits per heavy atom. The van der Waals surface area contributed by atoms with E-state index >= 15 is 0 Å². The first-order chi connectivity index (χ1) is 9.72. The minimum Gasteiger partial charge on any atom is -0.370 e. The fraction of sp³-hybridized carbons (Fsp3) is 0.500. The summed E-state index contributed by atoms with van der Waals surface area (Å²) >= 11 is 0. The molecule has 0 bridgehead atoms. The van der Waals surface area contributed by atoms with Crippen LogP contribution in [-0.4, -0.2) is 32.8 Å². The zero-order chi connectivity index (χ0) is 14.4. The molecule has 0 atom stereocenters. The Hall–Kier alpha value is -2.11. The van der Waals surface area contributed by atoms with Crippen molar-refractivity contribution in [1.29, 1.82) is 0 Å². The van der Waals surface area contributed by atoms with Crippen molar-refractivity contribution in [2.45, 2.75) is 26.7 Å². The van der Waals surface area contributed by atoms with Crippen molar-refractivity contribution in [2.75, 3.05) is 23.7 Å². The molecule has 0 radical (unpaired) electrons. The van der Waals surface area contributed by atoms with Gasteiger partial charge in [0.25, 0.3) is 0 Å². The predicted octanol–water partition coefficient (Wildman–Crippen LogP) is 1.86. The molecule has 0 aliphatic carbocycles. The fourth-order valence-electron chi connectivity index (χ4n) is 1.98. The molecule has 2 aromatic heterocycles. The minimum absolute atomic E-state index is 0.825. The van der Waals surface area contributed by atoms with Crippen LogP contribution in [0, 0.1) is 0 Å². The second-order valence-electron chi connectivity index (χ2n) is 4.56. The molecule has 108 valence electrons. The Bertz CT molecular complexity index is 548. The van der Waals surface area contributed by atoms with Gasteiger partial charge in [-0.1, -0.05) is 6.92 Å². The van der Waals surface area contributed by atoms with Gasteiger partial charge in [0, 0.05) is 50.9 Å². The molecular weight excluding hydrogens is 252 g/mol. The molecule has 0 aliphatic heterocycles. The maximum atomic E-state index is 4.49. The van der Waals surface area contributed by atoms with Crippen LogP contribution in [0.15, 0.2) is 18.3 Å². The summed E-state index contributed by atoms with van der Waals surface area (Å²) in [5.74, 6) is 2.60. The lowest BCUT2D eigenvalue weighted by molar-refractivity contribution is 0.710. The van der Waals surface area contributed by atoms with Crippen LogP contribution in [0.1, 0.15) is 25.4 Å². The van der Waals surface area contributed by atoms with Crippen LogP contribution in [-0.2, 0) is 19.9 Å². The van der Waals surface area contributed by atoms with Crippen LogP contribution < -0.4 is 10.6 Å². The highest BCUT2D eigenvalue weighted by molar-refractivity contribution is 5.47. The van der Waals surface area contributed by atoms with E-state index in [4.69, 9.17) is 0 Å². The van der Waals surface area contributed by atoms with Crippen LogP contribution in [0.4, 0.5) is 11.6 Å². The minimum atomic E-state index is 0.825. The van der Waals surface area contributed by atoms with Gasteiger partial charge in [0.05, 0.1) is 0 Å². The van der Waals surface area contributed by atoms with Gasteiger partial charge in [-0.05, 0) is 13.0 Å². The number of hydrogen-bond acceptors (Lipinski definition) is 5. The summed E-state index contributed by atoms with van der Waals surface area (Å²) in [6.07, 6.45) is 3.56. The lowest BCUT2D eigenvalue weighted by Gasteiger charge is -2.10. The Balaban J connectivity index is 1.97. The highest BCUT2D eigenvalue weighted by atomic mass is 15.3. The van der Waals surface area contributed by atoms with Gasteiger partial charge in [-0.3, -0.25) is 4.68 Å². The molecular formula is C14H22N6. The molecule has 0 aromatic carbocycles. The Morgan fingerprint density at radius 3 is 2.50 bits per heavy atom. The largest absolute Gasteiger partial charge is 0.370 e. The maximum absolute atomic E-state index is 4.49. The standard InChI is InChI=1S/C14H22N6/c1-4-12-18-13(15-5-2)10-14(19-12)16-8-6-11-7-9-17-20(11)3/h7,9-10H,4-6,8H2,1-3H3,(H2,15,16,18,19). The van der Waals surface area contributed by atoms with Crippen molar-refractivity contribution in [3.8, 4) is 0 Å². The molecule has 0 saturated heterocycles. The Labute approximate surface area is 119 Å². The van der Waals surface area contributed by atoms with Crippen molar-refractivity contribution in [3.63, 3.8) is 0 Å². The van der Waals surface area contributed by atoms with Gasteiger partial charge in [0.15, 0.2) is 0 Å². The van der Waals surface area contributed by atoms with Gasteiger partial charge >= 0.3 is 0 Å². The first-order valence-corrected chi connectivity index (χ1v) is 7.05. The van der Waals surface area contributed by atoms with Crippen LogP contribution >= 0.6 is 0 Å². The summed E-state index contributed by atoms with van der Waals surface area (Å²) in [6.45, 7) is 5.80. The maximum Gasteiger partial charge on any atom is 0.132 e. The van der Waals surface area contributed by atoms with E-state index in [2.05, 4.69) is 39.5 Å². The second-order valence-corrected chi connectivity index (χ2v) is 4.56. The zero-order valence-electron chi connectivity index (χ0n) is 12.3. The highest BCUT2D eigenvalue weighted by Gasteiger charge is 2.03. The first-order valence-electron chi connectivity index (χ1n) is 7.05. The van der Waals surface area contributed by atoms with E-state index in [1.54, 1.807) is 0 Å². The summed E-state index contributed by atoms with van der Waals surface area (Å²) in [5.41, 5.74) is 1.20. The first kappa shape index (κ1) is 14.3. The molecule has 2 N–H and O–H groups in total. The topological polar surface area (TPSA) is 67.7 Å². The third-order valence-electron chi connectivity index (χ3n) is 3.06. The number of hydrogen-bond donors (Lipinski definition) is 2. The van der Waals surface area contributed by atoms with Gasteiger partial charge < -0.3 is 10.6 Å².